The van der Waals surface area contributed by atoms with Crippen molar-refractivity contribution in [3.05, 3.63) is 65.1 Å². The molecule has 0 aliphatic carbocycles. The Kier molecular flexibility index (Phi) is 4.12. The van der Waals surface area contributed by atoms with E-state index in [1.54, 1.807) is 6.20 Å². The van der Waals surface area contributed by atoms with Gasteiger partial charge in [-0.15, -0.1) is 0 Å². The molecule has 2 aromatic carbocycles. The van der Waals surface area contributed by atoms with E-state index in [4.69, 9.17) is 17.3 Å². The lowest BCUT2D eigenvalue weighted by molar-refractivity contribution is 0.0995. The third-order valence-corrected chi connectivity index (χ3v) is 3.95. The van der Waals surface area contributed by atoms with E-state index in [0.717, 1.165) is 16.3 Å². The number of fused-ring (bicyclic) bond motifs is 1. The molecule has 0 aliphatic rings. The number of benzene rings is 2. The second-order valence-corrected chi connectivity index (χ2v) is 5.61. The van der Waals surface area contributed by atoms with Crippen molar-refractivity contribution in [1.29, 1.82) is 0 Å². The largest absolute Gasteiger partial charge is 0.364 e. The van der Waals surface area contributed by atoms with E-state index in [0.29, 0.717) is 10.8 Å². The molecule has 1 aromatic heterocycles. The zero-order valence-electron chi connectivity index (χ0n) is 12.5. The molecule has 3 N–H and O–H groups in total. The van der Waals surface area contributed by atoms with Gasteiger partial charge in [0.1, 0.15) is 11.5 Å². The zero-order chi connectivity index (χ0) is 16.4. The minimum atomic E-state index is -0.606. The van der Waals surface area contributed by atoms with Crippen LogP contribution in [0.15, 0.2) is 48.8 Å². The number of nitrogens with one attached hydrogen (secondary N) is 1. The van der Waals surface area contributed by atoms with E-state index in [1.165, 1.54) is 6.20 Å². The Morgan fingerprint density at radius 3 is 2.65 bits per heavy atom. The molecule has 1 amide bonds. The summed E-state index contributed by atoms with van der Waals surface area (Å²) in [4.78, 5) is 19.3. The first kappa shape index (κ1) is 15.2. The molecule has 3 aromatic rings. The van der Waals surface area contributed by atoms with Crippen LogP contribution in [0.5, 0.6) is 0 Å². The molecule has 1 heterocycles. The molecule has 0 fully saturated rings. The molecule has 5 nitrogen and oxygen atoms in total. The highest BCUT2D eigenvalue weighted by atomic mass is 35.5. The summed E-state index contributed by atoms with van der Waals surface area (Å²) in [5, 5.41) is 6.02. The first-order chi connectivity index (χ1) is 11.1. The normalized spacial score (nSPS) is 12.1. The average Bonchev–Trinajstić information content (AvgIpc) is 2.55. The number of rotatable bonds is 4. The number of halogens is 1. The lowest BCUT2D eigenvalue weighted by atomic mass is 9.99. The van der Waals surface area contributed by atoms with Gasteiger partial charge in [-0.2, -0.15) is 0 Å². The molecule has 0 saturated heterocycles. The minimum absolute atomic E-state index is 0.0467. The molecular formula is C17H15ClN4O. The van der Waals surface area contributed by atoms with E-state index >= 15 is 0 Å². The summed E-state index contributed by atoms with van der Waals surface area (Å²) in [5.74, 6) is -0.112. The summed E-state index contributed by atoms with van der Waals surface area (Å²) >= 11 is 6.26. The van der Waals surface area contributed by atoms with Crippen molar-refractivity contribution in [2.75, 3.05) is 5.32 Å². The highest BCUT2D eigenvalue weighted by Gasteiger charge is 2.12. The van der Waals surface area contributed by atoms with Gasteiger partial charge in [0.15, 0.2) is 0 Å². The molecule has 6 heteroatoms. The second-order valence-electron chi connectivity index (χ2n) is 5.20. The van der Waals surface area contributed by atoms with Crippen LogP contribution in [0, 0.1) is 0 Å². The van der Waals surface area contributed by atoms with E-state index in [-0.39, 0.29) is 11.7 Å². The Hall–Kier alpha value is -2.66. The van der Waals surface area contributed by atoms with Crippen LogP contribution >= 0.6 is 11.6 Å². The van der Waals surface area contributed by atoms with E-state index in [2.05, 4.69) is 15.3 Å². The number of anilines is 1. The number of nitrogens with zero attached hydrogens (tertiary/aromatic N) is 2. The van der Waals surface area contributed by atoms with Crippen molar-refractivity contribution in [1.82, 2.24) is 9.97 Å². The Labute approximate surface area is 138 Å². The Bertz CT molecular complexity index is 881. The van der Waals surface area contributed by atoms with Crippen LogP contribution in [0.3, 0.4) is 0 Å². The molecule has 1 unspecified atom stereocenters. The standard InChI is InChI=1S/C17H15ClN4O/c1-10(21-16-9-20-8-15(22-16)17(19)23)11-6-7-14(18)13-5-3-2-4-12(11)13/h2-10H,1H3,(H2,19,23)(H,21,22). The fourth-order valence-corrected chi connectivity index (χ4v) is 2.74. The Morgan fingerprint density at radius 1 is 1.17 bits per heavy atom. The number of nitrogens with two attached hydrogens (primary N) is 1. The summed E-state index contributed by atoms with van der Waals surface area (Å²) in [5.41, 5.74) is 6.44. The summed E-state index contributed by atoms with van der Waals surface area (Å²) in [6.45, 7) is 2.01. The molecule has 0 saturated carbocycles. The molecular weight excluding hydrogens is 312 g/mol. The maximum atomic E-state index is 11.2. The quantitative estimate of drug-likeness (QED) is 0.768. The highest BCUT2D eigenvalue weighted by molar-refractivity contribution is 6.35. The summed E-state index contributed by atoms with van der Waals surface area (Å²) in [6.07, 6.45) is 2.90. The number of amides is 1. The molecule has 1 atom stereocenters. The smallest absolute Gasteiger partial charge is 0.268 e. The minimum Gasteiger partial charge on any atom is -0.364 e. The van der Waals surface area contributed by atoms with Crippen molar-refractivity contribution < 1.29 is 4.79 Å². The van der Waals surface area contributed by atoms with E-state index in [9.17, 15) is 4.79 Å². The van der Waals surface area contributed by atoms with Crippen LogP contribution in [-0.2, 0) is 0 Å². The van der Waals surface area contributed by atoms with Crippen LogP contribution in [0.4, 0.5) is 5.82 Å². The van der Waals surface area contributed by atoms with Gasteiger partial charge in [-0.05, 0) is 23.9 Å². The van der Waals surface area contributed by atoms with E-state index < -0.39 is 5.91 Å². The molecule has 23 heavy (non-hydrogen) atoms. The van der Waals surface area contributed by atoms with Crippen molar-refractivity contribution in [3.8, 4) is 0 Å². The molecule has 0 spiro atoms. The first-order valence-corrected chi connectivity index (χ1v) is 7.49. The first-order valence-electron chi connectivity index (χ1n) is 7.12. The van der Waals surface area contributed by atoms with Gasteiger partial charge in [-0.25, -0.2) is 4.98 Å². The van der Waals surface area contributed by atoms with Crippen molar-refractivity contribution in [2.45, 2.75) is 13.0 Å². The zero-order valence-corrected chi connectivity index (χ0v) is 13.2. The number of carbonyl (C=O) groups excluding carboxylic acids is 1. The third kappa shape index (κ3) is 3.10. The van der Waals surface area contributed by atoms with Crippen LogP contribution < -0.4 is 11.1 Å². The molecule has 0 aliphatic heterocycles. The van der Waals surface area contributed by atoms with Crippen molar-refractivity contribution in [2.24, 2.45) is 5.73 Å². The Balaban J connectivity index is 1.95. The molecule has 0 bridgehead atoms. The monoisotopic (exact) mass is 326 g/mol. The molecule has 0 radical (unpaired) electrons. The van der Waals surface area contributed by atoms with Gasteiger partial charge in [-0.3, -0.25) is 9.78 Å². The van der Waals surface area contributed by atoms with Gasteiger partial charge in [0.05, 0.1) is 18.4 Å². The van der Waals surface area contributed by atoms with Gasteiger partial charge in [0, 0.05) is 10.4 Å². The maximum Gasteiger partial charge on any atom is 0.268 e. The van der Waals surface area contributed by atoms with Crippen LogP contribution in [0.1, 0.15) is 29.0 Å². The summed E-state index contributed by atoms with van der Waals surface area (Å²) in [7, 11) is 0. The highest BCUT2D eigenvalue weighted by Crippen LogP contribution is 2.31. The molecule has 116 valence electrons. The van der Waals surface area contributed by atoms with Gasteiger partial charge in [0.25, 0.3) is 5.91 Å². The molecule has 3 rings (SSSR count). The van der Waals surface area contributed by atoms with Crippen LogP contribution in [0.25, 0.3) is 10.8 Å². The fourth-order valence-electron chi connectivity index (χ4n) is 2.52. The Morgan fingerprint density at radius 2 is 1.91 bits per heavy atom. The number of hydrogen-bond acceptors (Lipinski definition) is 4. The van der Waals surface area contributed by atoms with Gasteiger partial charge in [0.2, 0.25) is 0 Å². The lowest BCUT2D eigenvalue weighted by Crippen LogP contribution is -2.15. The second kappa shape index (κ2) is 6.22. The number of carbonyl (C=O) groups is 1. The fraction of sp³-hybridized carbons (Fsp3) is 0.118. The van der Waals surface area contributed by atoms with Crippen LogP contribution in [-0.4, -0.2) is 15.9 Å². The van der Waals surface area contributed by atoms with Gasteiger partial charge < -0.3 is 11.1 Å². The van der Waals surface area contributed by atoms with Crippen molar-refractivity contribution in [3.63, 3.8) is 0 Å². The van der Waals surface area contributed by atoms with Gasteiger partial charge in [-0.1, -0.05) is 41.9 Å². The topological polar surface area (TPSA) is 80.9 Å². The lowest BCUT2D eigenvalue weighted by Gasteiger charge is -2.17. The average molecular weight is 327 g/mol. The van der Waals surface area contributed by atoms with Gasteiger partial charge >= 0.3 is 0 Å². The number of hydrogen-bond donors (Lipinski definition) is 2. The third-order valence-electron chi connectivity index (χ3n) is 3.62. The SMILES string of the molecule is CC(Nc1cncc(C(N)=O)n1)c1ccc(Cl)c2ccccc12. The van der Waals surface area contributed by atoms with E-state index in [1.807, 2.05) is 43.3 Å². The van der Waals surface area contributed by atoms with Crippen LogP contribution in [0.2, 0.25) is 5.02 Å². The summed E-state index contributed by atoms with van der Waals surface area (Å²) in [6, 6.07) is 11.8. The summed E-state index contributed by atoms with van der Waals surface area (Å²) < 4.78 is 0. The predicted molar refractivity (Wildman–Crippen MR) is 91.5 cm³/mol. The maximum absolute atomic E-state index is 11.2. The number of aromatic nitrogens is 2. The number of primary amides is 1. The van der Waals surface area contributed by atoms with Crippen molar-refractivity contribution >= 4 is 34.1 Å². The predicted octanol–water partition coefficient (Wildman–Crippen LogP) is 3.56.